The van der Waals surface area contributed by atoms with Crippen LogP contribution in [0.4, 0.5) is 5.69 Å². The highest BCUT2D eigenvalue weighted by atomic mass is 35.5. The zero-order chi connectivity index (χ0) is 19.4. The predicted molar refractivity (Wildman–Crippen MR) is 104 cm³/mol. The Labute approximate surface area is 163 Å². The van der Waals surface area contributed by atoms with Crippen LogP contribution in [0, 0.1) is 0 Å². The van der Waals surface area contributed by atoms with E-state index in [-0.39, 0.29) is 18.5 Å². The molecule has 0 spiro atoms. The fraction of sp³-hybridized carbons (Fsp3) is 0.444. The molecule has 2 aromatic rings. The number of halogens is 1. The van der Waals surface area contributed by atoms with Gasteiger partial charge in [0.05, 0.1) is 37.5 Å². The third-order valence-electron chi connectivity index (χ3n) is 4.61. The highest BCUT2D eigenvalue weighted by Gasteiger charge is 2.28. The number of nitrogens with zero attached hydrogens (tertiary/aromatic N) is 3. The lowest BCUT2D eigenvalue weighted by atomic mass is 10.1. The van der Waals surface area contributed by atoms with Crippen LogP contribution < -0.4 is 20.1 Å². The van der Waals surface area contributed by atoms with E-state index in [0.717, 1.165) is 25.5 Å². The molecule has 0 bridgehead atoms. The van der Waals surface area contributed by atoms with Gasteiger partial charge in [-0.2, -0.15) is 0 Å². The van der Waals surface area contributed by atoms with Gasteiger partial charge in [-0.05, 0) is 6.07 Å². The fourth-order valence-electron chi connectivity index (χ4n) is 3.22. The van der Waals surface area contributed by atoms with Crippen LogP contribution in [0.25, 0.3) is 0 Å². The average molecular weight is 394 g/mol. The van der Waals surface area contributed by atoms with Crippen molar-refractivity contribution in [2.24, 2.45) is 7.05 Å². The molecule has 2 heterocycles. The van der Waals surface area contributed by atoms with Crippen LogP contribution in [0.5, 0.6) is 11.5 Å². The Hall–Kier alpha value is -2.29. The van der Waals surface area contributed by atoms with Crippen molar-refractivity contribution in [3.63, 3.8) is 0 Å². The number of amides is 1. The van der Waals surface area contributed by atoms with E-state index in [9.17, 15) is 4.79 Å². The number of benzene rings is 1. The minimum atomic E-state index is -0.143. The summed E-state index contributed by atoms with van der Waals surface area (Å²) in [6.45, 7) is 2.57. The maximum Gasteiger partial charge on any atom is 0.238 e. The summed E-state index contributed by atoms with van der Waals surface area (Å²) in [5.74, 6) is 1.77. The molecular formula is C18H24ClN5O3. The molecule has 8 nitrogen and oxygen atoms in total. The van der Waals surface area contributed by atoms with Crippen molar-refractivity contribution < 1.29 is 14.3 Å². The maximum atomic E-state index is 12.7. The van der Waals surface area contributed by atoms with Gasteiger partial charge in [0.25, 0.3) is 0 Å². The first-order chi connectivity index (χ1) is 13.0. The number of aromatic nitrogens is 2. The highest BCUT2D eigenvalue weighted by molar-refractivity contribution is 6.32. The van der Waals surface area contributed by atoms with E-state index in [1.54, 1.807) is 18.3 Å². The van der Waals surface area contributed by atoms with Crippen LogP contribution in [-0.2, 0) is 11.8 Å². The number of methoxy groups -OCH3 is 2. The van der Waals surface area contributed by atoms with Gasteiger partial charge in [-0.1, -0.05) is 11.6 Å². The van der Waals surface area contributed by atoms with Gasteiger partial charge in [-0.3, -0.25) is 9.69 Å². The SMILES string of the molecule is COc1cc(OC)c(NC(=O)CN2CCNCC2c2nccn2C)cc1Cl. The first kappa shape index (κ1) is 19.5. The molecule has 1 saturated heterocycles. The molecule has 0 saturated carbocycles. The number of aryl methyl sites for hydroxylation is 1. The van der Waals surface area contributed by atoms with E-state index in [2.05, 4.69) is 20.5 Å². The van der Waals surface area contributed by atoms with Crippen molar-refractivity contribution in [1.29, 1.82) is 0 Å². The van der Waals surface area contributed by atoms with Gasteiger partial charge < -0.3 is 24.7 Å². The third-order valence-corrected chi connectivity index (χ3v) is 4.90. The van der Waals surface area contributed by atoms with Gasteiger partial charge >= 0.3 is 0 Å². The van der Waals surface area contributed by atoms with E-state index in [4.69, 9.17) is 21.1 Å². The monoisotopic (exact) mass is 393 g/mol. The van der Waals surface area contributed by atoms with Crippen molar-refractivity contribution >= 4 is 23.2 Å². The van der Waals surface area contributed by atoms with E-state index >= 15 is 0 Å². The molecule has 1 aliphatic heterocycles. The van der Waals surface area contributed by atoms with E-state index in [0.29, 0.717) is 22.2 Å². The fourth-order valence-corrected chi connectivity index (χ4v) is 3.46. The molecule has 1 aromatic heterocycles. The summed E-state index contributed by atoms with van der Waals surface area (Å²) in [6.07, 6.45) is 3.68. The van der Waals surface area contributed by atoms with Crippen LogP contribution in [0.2, 0.25) is 5.02 Å². The number of carbonyl (C=O) groups is 1. The molecule has 1 unspecified atom stereocenters. The Morgan fingerprint density at radius 1 is 1.37 bits per heavy atom. The number of nitrogens with one attached hydrogen (secondary N) is 2. The molecule has 1 aromatic carbocycles. The summed E-state index contributed by atoms with van der Waals surface area (Å²) in [4.78, 5) is 19.2. The molecule has 1 amide bonds. The second-order valence-corrected chi connectivity index (χ2v) is 6.73. The Balaban J connectivity index is 1.73. The number of hydrogen-bond acceptors (Lipinski definition) is 6. The van der Waals surface area contributed by atoms with Gasteiger partial charge in [-0.15, -0.1) is 0 Å². The molecule has 0 aliphatic carbocycles. The zero-order valence-electron chi connectivity index (χ0n) is 15.7. The molecule has 27 heavy (non-hydrogen) atoms. The van der Waals surface area contributed by atoms with Gasteiger partial charge in [-0.25, -0.2) is 4.98 Å². The molecule has 1 atom stereocenters. The number of rotatable bonds is 6. The normalized spacial score (nSPS) is 17.6. The highest BCUT2D eigenvalue weighted by Crippen LogP contribution is 2.36. The van der Waals surface area contributed by atoms with Crippen LogP contribution in [-0.4, -0.2) is 60.8 Å². The predicted octanol–water partition coefficient (Wildman–Crippen LogP) is 1.68. The third kappa shape index (κ3) is 4.35. The number of ether oxygens (including phenoxy) is 2. The number of anilines is 1. The zero-order valence-corrected chi connectivity index (χ0v) is 16.4. The summed E-state index contributed by atoms with van der Waals surface area (Å²) in [7, 11) is 5.02. The molecule has 3 rings (SSSR count). The molecule has 1 aliphatic rings. The van der Waals surface area contributed by atoms with Crippen molar-refractivity contribution in [3.05, 3.63) is 35.4 Å². The van der Waals surface area contributed by atoms with Gasteiger partial charge in [0.1, 0.15) is 17.3 Å². The molecule has 9 heteroatoms. The number of piperazine rings is 1. The smallest absolute Gasteiger partial charge is 0.238 e. The maximum absolute atomic E-state index is 12.7. The first-order valence-electron chi connectivity index (χ1n) is 8.66. The lowest BCUT2D eigenvalue weighted by Crippen LogP contribution is -2.49. The van der Waals surface area contributed by atoms with Crippen molar-refractivity contribution in [2.75, 3.05) is 45.7 Å². The average Bonchev–Trinajstić information content (AvgIpc) is 3.08. The van der Waals surface area contributed by atoms with E-state index in [1.165, 1.54) is 14.2 Å². The summed E-state index contributed by atoms with van der Waals surface area (Å²) in [5, 5.41) is 6.66. The lowest BCUT2D eigenvalue weighted by Gasteiger charge is -2.35. The second kappa shape index (κ2) is 8.60. The molecule has 146 valence electrons. The summed E-state index contributed by atoms with van der Waals surface area (Å²) in [5.41, 5.74) is 0.511. The Morgan fingerprint density at radius 3 is 2.81 bits per heavy atom. The summed E-state index contributed by atoms with van der Waals surface area (Å²) in [6, 6.07) is 3.32. The summed E-state index contributed by atoms with van der Waals surface area (Å²) >= 11 is 6.18. The largest absolute Gasteiger partial charge is 0.495 e. The Bertz CT molecular complexity index is 810. The summed E-state index contributed by atoms with van der Waals surface area (Å²) < 4.78 is 12.5. The second-order valence-electron chi connectivity index (χ2n) is 6.32. The van der Waals surface area contributed by atoms with Gasteiger partial charge in [0.15, 0.2) is 0 Å². The van der Waals surface area contributed by atoms with Gasteiger partial charge in [0.2, 0.25) is 5.91 Å². The van der Waals surface area contributed by atoms with Crippen LogP contribution in [0.15, 0.2) is 24.5 Å². The van der Waals surface area contributed by atoms with Crippen molar-refractivity contribution in [2.45, 2.75) is 6.04 Å². The molecule has 2 N–H and O–H groups in total. The van der Waals surface area contributed by atoms with E-state index in [1.807, 2.05) is 17.8 Å². The molecule has 0 radical (unpaired) electrons. The minimum Gasteiger partial charge on any atom is -0.495 e. The Kier molecular flexibility index (Phi) is 6.20. The minimum absolute atomic E-state index is 0.0332. The molecular weight excluding hydrogens is 370 g/mol. The van der Waals surface area contributed by atoms with E-state index < -0.39 is 0 Å². The van der Waals surface area contributed by atoms with Crippen LogP contribution in [0.1, 0.15) is 11.9 Å². The Morgan fingerprint density at radius 2 is 2.15 bits per heavy atom. The standard InChI is InChI=1S/C18H24ClN5O3/c1-23-6-5-21-18(23)14-10-20-4-7-24(14)11-17(25)22-13-8-12(19)15(26-2)9-16(13)27-3/h5-6,8-9,14,20H,4,7,10-11H2,1-3H3,(H,22,25). The van der Waals surface area contributed by atoms with Crippen LogP contribution in [0.3, 0.4) is 0 Å². The first-order valence-corrected chi connectivity index (χ1v) is 9.04. The topological polar surface area (TPSA) is 80.7 Å². The quantitative estimate of drug-likeness (QED) is 0.777. The lowest BCUT2D eigenvalue weighted by molar-refractivity contribution is -0.118. The van der Waals surface area contributed by atoms with Crippen LogP contribution >= 0.6 is 11.6 Å². The van der Waals surface area contributed by atoms with Crippen molar-refractivity contribution in [3.8, 4) is 11.5 Å². The van der Waals surface area contributed by atoms with Gasteiger partial charge in [0, 0.05) is 45.1 Å². The molecule has 1 fully saturated rings. The number of imidazole rings is 1. The number of carbonyl (C=O) groups excluding carboxylic acids is 1. The number of hydrogen-bond donors (Lipinski definition) is 2. The van der Waals surface area contributed by atoms with Crippen molar-refractivity contribution in [1.82, 2.24) is 19.8 Å².